The molecule has 0 fully saturated rings. The van der Waals surface area contributed by atoms with Crippen molar-refractivity contribution >= 4 is 23.1 Å². The van der Waals surface area contributed by atoms with Crippen LogP contribution in [0.5, 0.6) is 5.75 Å². The molecule has 0 aliphatic heterocycles. The highest BCUT2D eigenvalue weighted by Gasteiger charge is 2.12. The Bertz CT molecular complexity index is 947. The summed E-state index contributed by atoms with van der Waals surface area (Å²) in [5, 5.41) is 5.62. The lowest BCUT2D eigenvalue weighted by Crippen LogP contribution is -2.15. The summed E-state index contributed by atoms with van der Waals surface area (Å²) >= 11 is 0. The first-order valence-electron chi connectivity index (χ1n) is 8.43. The molecule has 0 saturated carbocycles. The van der Waals surface area contributed by atoms with Crippen LogP contribution in [0.3, 0.4) is 0 Å². The van der Waals surface area contributed by atoms with E-state index >= 15 is 0 Å². The molecule has 3 rings (SSSR count). The summed E-state index contributed by atoms with van der Waals surface area (Å²) in [6, 6.07) is 14.8. The van der Waals surface area contributed by atoms with Crippen LogP contribution in [0.2, 0.25) is 0 Å². The third-order valence-corrected chi connectivity index (χ3v) is 3.53. The van der Waals surface area contributed by atoms with E-state index in [1.54, 1.807) is 12.1 Å². The zero-order chi connectivity index (χ0) is 19.2. The van der Waals surface area contributed by atoms with Crippen LogP contribution in [-0.2, 0) is 0 Å². The number of rotatable bonds is 6. The number of carbonyl (C=O) groups excluding carboxylic acids is 1. The Labute approximate surface area is 156 Å². The first-order chi connectivity index (χ1) is 13.0. The molecule has 0 radical (unpaired) electrons. The van der Waals surface area contributed by atoms with Crippen LogP contribution in [0.15, 0.2) is 60.9 Å². The number of aromatic nitrogens is 2. The van der Waals surface area contributed by atoms with Gasteiger partial charge in [0.25, 0.3) is 5.91 Å². The largest absolute Gasteiger partial charge is 0.489 e. The van der Waals surface area contributed by atoms with E-state index in [0.29, 0.717) is 17.3 Å². The van der Waals surface area contributed by atoms with E-state index in [1.807, 2.05) is 38.1 Å². The van der Waals surface area contributed by atoms with Crippen molar-refractivity contribution in [2.45, 2.75) is 20.0 Å². The predicted octanol–water partition coefficient (Wildman–Crippen LogP) is 4.40. The van der Waals surface area contributed by atoms with Crippen molar-refractivity contribution < 1.29 is 13.9 Å². The molecule has 0 saturated heterocycles. The highest BCUT2D eigenvalue weighted by molar-refractivity contribution is 6.03. The SMILES string of the molecule is CC(C)Oc1ccccc1Nc1cc(C(=O)Nc2ccccc2F)ncn1. The summed E-state index contributed by atoms with van der Waals surface area (Å²) in [6.45, 7) is 3.87. The number of nitrogens with zero attached hydrogens (tertiary/aromatic N) is 2. The first kappa shape index (κ1) is 18.3. The number of para-hydroxylation sites is 3. The van der Waals surface area contributed by atoms with Crippen LogP contribution < -0.4 is 15.4 Å². The number of ether oxygens (including phenoxy) is 1. The third kappa shape index (κ3) is 4.78. The zero-order valence-electron chi connectivity index (χ0n) is 14.9. The van der Waals surface area contributed by atoms with Crippen LogP contribution >= 0.6 is 0 Å². The minimum Gasteiger partial charge on any atom is -0.489 e. The number of anilines is 3. The zero-order valence-corrected chi connectivity index (χ0v) is 14.9. The van der Waals surface area contributed by atoms with Crippen molar-refractivity contribution in [3.63, 3.8) is 0 Å². The van der Waals surface area contributed by atoms with Crippen LogP contribution in [0.25, 0.3) is 0 Å². The van der Waals surface area contributed by atoms with Gasteiger partial charge in [-0.05, 0) is 38.1 Å². The number of benzene rings is 2. The average molecular weight is 366 g/mol. The van der Waals surface area contributed by atoms with Crippen molar-refractivity contribution in [2.75, 3.05) is 10.6 Å². The Morgan fingerprint density at radius 2 is 1.74 bits per heavy atom. The van der Waals surface area contributed by atoms with Gasteiger partial charge in [0.15, 0.2) is 0 Å². The smallest absolute Gasteiger partial charge is 0.274 e. The molecule has 1 heterocycles. The molecule has 6 nitrogen and oxygen atoms in total. The molecule has 1 amide bonds. The molecule has 0 spiro atoms. The van der Waals surface area contributed by atoms with Gasteiger partial charge in [-0.15, -0.1) is 0 Å². The van der Waals surface area contributed by atoms with E-state index in [0.717, 1.165) is 0 Å². The first-order valence-corrected chi connectivity index (χ1v) is 8.43. The Balaban J connectivity index is 1.78. The molecule has 27 heavy (non-hydrogen) atoms. The van der Waals surface area contributed by atoms with Gasteiger partial charge in [-0.2, -0.15) is 0 Å². The minimum absolute atomic E-state index is 0.0143. The maximum Gasteiger partial charge on any atom is 0.274 e. The molecule has 1 aromatic heterocycles. The number of halogens is 1. The fourth-order valence-electron chi connectivity index (χ4n) is 2.36. The number of hydrogen-bond acceptors (Lipinski definition) is 5. The summed E-state index contributed by atoms with van der Waals surface area (Å²) in [6.07, 6.45) is 1.28. The molecule has 7 heteroatoms. The lowest BCUT2D eigenvalue weighted by molar-refractivity contribution is 0.102. The van der Waals surface area contributed by atoms with Crippen molar-refractivity contribution in [1.82, 2.24) is 9.97 Å². The van der Waals surface area contributed by atoms with E-state index < -0.39 is 11.7 Å². The molecule has 0 atom stereocenters. The van der Waals surface area contributed by atoms with E-state index in [2.05, 4.69) is 20.6 Å². The number of amides is 1. The molecule has 0 unspecified atom stereocenters. The summed E-state index contributed by atoms with van der Waals surface area (Å²) in [7, 11) is 0. The Morgan fingerprint density at radius 3 is 2.48 bits per heavy atom. The molecule has 0 aliphatic carbocycles. The molecular formula is C20H19FN4O2. The fraction of sp³-hybridized carbons (Fsp3) is 0.150. The molecule has 3 aromatic rings. The second-order valence-electron chi connectivity index (χ2n) is 6.01. The number of hydrogen-bond donors (Lipinski definition) is 2. The molecular weight excluding hydrogens is 347 g/mol. The van der Waals surface area contributed by atoms with Gasteiger partial charge in [0.1, 0.15) is 29.4 Å². The van der Waals surface area contributed by atoms with Gasteiger partial charge < -0.3 is 15.4 Å². The monoisotopic (exact) mass is 366 g/mol. The van der Waals surface area contributed by atoms with E-state index in [9.17, 15) is 9.18 Å². The standard InChI is InChI=1S/C20H19FN4O2/c1-13(2)27-18-10-6-5-9-16(18)24-19-11-17(22-12-23-19)20(26)25-15-8-4-3-7-14(15)21/h3-13H,1-2H3,(H,25,26)(H,22,23,24). The summed E-state index contributed by atoms with van der Waals surface area (Å²) in [5.74, 6) is 0.0437. The van der Waals surface area contributed by atoms with Crippen LogP contribution in [0.1, 0.15) is 24.3 Å². The quantitative estimate of drug-likeness (QED) is 0.676. The molecule has 2 N–H and O–H groups in total. The van der Waals surface area contributed by atoms with Gasteiger partial charge in [0.2, 0.25) is 0 Å². The van der Waals surface area contributed by atoms with Crippen LogP contribution in [0, 0.1) is 5.82 Å². The summed E-state index contributed by atoms with van der Waals surface area (Å²) in [4.78, 5) is 20.5. The van der Waals surface area contributed by atoms with Crippen molar-refractivity contribution in [1.29, 1.82) is 0 Å². The minimum atomic E-state index is -0.530. The predicted molar refractivity (Wildman–Crippen MR) is 102 cm³/mol. The Kier molecular flexibility index (Phi) is 5.61. The lowest BCUT2D eigenvalue weighted by atomic mass is 10.2. The number of nitrogens with one attached hydrogen (secondary N) is 2. The normalized spacial score (nSPS) is 10.5. The fourth-order valence-corrected chi connectivity index (χ4v) is 2.36. The maximum atomic E-state index is 13.7. The van der Waals surface area contributed by atoms with Gasteiger partial charge in [-0.25, -0.2) is 14.4 Å². The van der Waals surface area contributed by atoms with Crippen molar-refractivity contribution in [3.05, 3.63) is 72.4 Å². The van der Waals surface area contributed by atoms with Gasteiger partial charge in [-0.3, -0.25) is 4.79 Å². The second kappa shape index (κ2) is 8.27. The molecule has 138 valence electrons. The second-order valence-corrected chi connectivity index (χ2v) is 6.01. The lowest BCUT2D eigenvalue weighted by Gasteiger charge is -2.15. The van der Waals surface area contributed by atoms with Crippen LogP contribution in [-0.4, -0.2) is 22.0 Å². The van der Waals surface area contributed by atoms with Gasteiger partial charge in [-0.1, -0.05) is 24.3 Å². The summed E-state index contributed by atoms with van der Waals surface area (Å²) in [5.41, 5.74) is 0.912. The average Bonchev–Trinajstić information content (AvgIpc) is 2.65. The Hall–Kier alpha value is -3.48. The van der Waals surface area contributed by atoms with E-state index in [1.165, 1.54) is 24.5 Å². The topological polar surface area (TPSA) is 76.1 Å². The highest BCUT2D eigenvalue weighted by atomic mass is 19.1. The van der Waals surface area contributed by atoms with Gasteiger partial charge in [0.05, 0.1) is 17.5 Å². The van der Waals surface area contributed by atoms with E-state index in [-0.39, 0.29) is 17.5 Å². The molecule has 0 aliphatic rings. The Morgan fingerprint density at radius 1 is 1.04 bits per heavy atom. The highest BCUT2D eigenvalue weighted by Crippen LogP contribution is 2.27. The maximum absolute atomic E-state index is 13.7. The van der Waals surface area contributed by atoms with Crippen molar-refractivity contribution in [2.24, 2.45) is 0 Å². The number of carbonyl (C=O) groups is 1. The van der Waals surface area contributed by atoms with Gasteiger partial charge >= 0.3 is 0 Å². The summed E-state index contributed by atoms with van der Waals surface area (Å²) < 4.78 is 19.5. The molecule has 2 aromatic carbocycles. The third-order valence-electron chi connectivity index (χ3n) is 3.53. The van der Waals surface area contributed by atoms with Crippen LogP contribution in [0.4, 0.5) is 21.6 Å². The van der Waals surface area contributed by atoms with Gasteiger partial charge in [0, 0.05) is 6.07 Å². The van der Waals surface area contributed by atoms with E-state index in [4.69, 9.17) is 4.74 Å². The van der Waals surface area contributed by atoms with Crippen molar-refractivity contribution in [3.8, 4) is 5.75 Å². The molecule has 0 bridgehead atoms.